The Bertz CT molecular complexity index is 556. The summed E-state index contributed by atoms with van der Waals surface area (Å²) in [6.45, 7) is 8.70. The van der Waals surface area contributed by atoms with E-state index >= 15 is 0 Å². The van der Waals surface area contributed by atoms with Crippen LogP contribution in [0.2, 0.25) is 0 Å². The zero-order valence-electron chi connectivity index (χ0n) is 14.3. The maximum atomic E-state index is 11.2. The topological polar surface area (TPSA) is 38.7 Å². The summed E-state index contributed by atoms with van der Waals surface area (Å²) in [5.41, 5.74) is 4.09. The van der Waals surface area contributed by atoms with Gasteiger partial charge in [-0.1, -0.05) is 59.7 Å². The van der Waals surface area contributed by atoms with Gasteiger partial charge in [-0.2, -0.15) is 13.9 Å². The molecule has 0 aliphatic carbocycles. The Morgan fingerprint density at radius 2 is 1.13 bits per heavy atom. The first-order valence-corrected chi connectivity index (χ1v) is 9.68. The lowest BCUT2D eigenvalue weighted by molar-refractivity contribution is 0.184. The van der Waals surface area contributed by atoms with Crippen LogP contribution in [0.5, 0.6) is 0 Å². The molecule has 3 nitrogen and oxygen atoms in total. The quantitative estimate of drug-likeness (QED) is 0.706. The van der Waals surface area contributed by atoms with Crippen LogP contribution in [0.15, 0.2) is 48.5 Å². The van der Waals surface area contributed by atoms with E-state index in [1.807, 2.05) is 38.1 Å². The Balaban J connectivity index is 2.53. The molecular weight excluding hydrogens is 307 g/mol. The van der Waals surface area contributed by atoms with Crippen LogP contribution in [0.1, 0.15) is 41.8 Å². The highest BCUT2D eigenvalue weighted by Gasteiger charge is 2.51. The van der Waals surface area contributed by atoms with Gasteiger partial charge in [0, 0.05) is 11.1 Å². The minimum atomic E-state index is -3.05. The largest absolute Gasteiger partial charge is 0.421 e. The van der Waals surface area contributed by atoms with Gasteiger partial charge in [-0.05, 0) is 27.7 Å². The monoisotopic (exact) mass is 333 g/mol. The first-order chi connectivity index (χ1) is 11.0. The highest BCUT2D eigenvalue weighted by atomic mass is 31.2. The summed E-state index contributed by atoms with van der Waals surface area (Å²) < 4.78 is 11.5. The van der Waals surface area contributed by atoms with E-state index in [-0.39, 0.29) is 5.66 Å². The number of benzene rings is 2. The minimum absolute atomic E-state index is 0.302. The summed E-state index contributed by atoms with van der Waals surface area (Å²) in [4.78, 5) is 11.2. The number of rotatable bonds is 7. The third-order valence-electron chi connectivity index (χ3n) is 3.74. The Kier molecular flexibility index (Phi) is 6.32. The van der Waals surface area contributed by atoms with Crippen molar-refractivity contribution < 1.29 is 13.9 Å². The smallest absolute Gasteiger partial charge is 0.192 e. The Morgan fingerprint density at radius 1 is 0.783 bits per heavy atom. The molecule has 1 N–H and O–H groups in total. The van der Waals surface area contributed by atoms with Gasteiger partial charge in [0.15, 0.2) is 0 Å². The van der Waals surface area contributed by atoms with Gasteiger partial charge in [0.1, 0.15) is 0 Å². The van der Waals surface area contributed by atoms with Crippen molar-refractivity contribution in [1.82, 2.24) is 0 Å². The van der Waals surface area contributed by atoms with E-state index in [4.69, 9.17) is 9.05 Å². The second-order valence-electron chi connectivity index (χ2n) is 5.62. The van der Waals surface area contributed by atoms with E-state index in [1.54, 1.807) is 0 Å². The summed E-state index contributed by atoms with van der Waals surface area (Å²) >= 11 is 0. The lowest BCUT2D eigenvalue weighted by atomic mass is 10.0. The third-order valence-corrected chi connectivity index (χ3v) is 6.25. The molecule has 23 heavy (non-hydrogen) atoms. The minimum Gasteiger partial charge on any atom is -0.192 e. The first kappa shape index (κ1) is 18.1. The fraction of sp³-hybridized carbons (Fsp3) is 0.368. The summed E-state index contributed by atoms with van der Waals surface area (Å²) in [7, 11) is -3.05. The van der Waals surface area contributed by atoms with Crippen LogP contribution in [0.3, 0.4) is 0 Å². The highest BCUT2D eigenvalue weighted by Crippen LogP contribution is 2.70. The zero-order chi connectivity index (χ0) is 16.9. The highest BCUT2D eigenvalue weighted by molar-refractivity contribution is 7.61. The van der Waals surface area contributed by atoms with Crippen LogP contribution < -0.4 is 0 Å². The fourth-order valence-electron chi connectivity index (χ4n) is 2.62. The fourth-order valence-corrected chi connectivity index (χ4v) is 4.83. The number of hydrogen-bond donors (Lipinski definition) is 1. The van der Waals surface area contributed by atoms with Crippen molar-refractivity contribution >= 4 is 7.94 Å². The molecule has 0 saturated carbocycles. The van der Waals surface area contributed by atoms with Crippen molar-refractivity contribution in [2.24, 2.45) is 0 Å². The molecule has 2 aromatic carbocycles. The van der Waals surface area contributed by atoms with Gasteiger partial charge in [0.2, 0.25) is 5.66 Å². The predicted molar refractivity (Wildman–Crippen MR) is 96.6 cm³/mol. The number of aryl methyl sites for hydroxylation is 2. The van der Waals surface area contributed by atoms with E-state index in [0.717, 1.165) is 11.1 Å². The summed E-state index contributed by atoms with van der Waals surface area (Å²) in [5.74, 6) is 0. The average Bonchev–Trinajstić information content (AvgIpc) is 2.52. The lowest BCUT2D eigenvalue weighted by Gasteiger charge is -2.25. The van der Waals surface area contributed by atoms with Gasteiger partial charge < -0.3 is 0 Å². The Hall–Kier alpha value is -1.25. The zero-order valence-corrected chi connectivity index (χ0v) is 15.2. The molecule has 0 spiro atoms. The molecule has 0 aliphatic rings. The molecule has 0 fully saturated rings. The molecule has 0 bridgehead atoms. The van der Waals surface area contributed by atoms with Crippen molar-refractivity contribution in [3.05, 3.63) is 70.8 Å². The lowest BCUT2D eigenvalue weighted by Crippen LogP contribution is -2.14. The van der Waals surface area contributed by atoms with Crippen LogP contribution in [0, 0.1) is 13.8 Å². The van der Waals surface area contributed by atoms with Crippen molar-refractivity contribution in [2.45, 2.75) is 33.4 Å². The van der Waals surface area contributed by atoms with Crippen LogP contribution in [-0.2, 0) is 9.05 Å². The van der Waals surface area contributed by atoms with Crippen LogP contribution in [0.4, 0.5) is 0 Å². The van der Waals surface area contributed by atoms with Crippen LogP contribution in [-0.4, -0.2) is 18.1 Å². The van der Waals surface area contributed by atoms with Crippen LogP contribution >= 0.6 is 7.94 Å². The molecule has 0 aromatic heterocycles. The Morgan fingerprint density at radius 3 is 1.43 bits per heavy atom. The van der Waals surface area contributed by atoms with Gasteiger partial charge in [-0.3, -0.25) is 0 Å². The molecule has 0 atom stereocenters. The van der Waals surface area contributed by atoms with Crippen molar-refractivity contribution in [1.29, 1.82) is 0 Å². The van der Waals surface area contributed by atoms with Gasteiger partial charge in [-0.25, -0.2) is 0 Å². The van der Waals surface area contributed by atoms with Gasteiger partial charge in [0.25, 0.3) is 0 Å². The van der Waals surface area contributed by atoms with Crippen molar-refractivity contribution in [3.8, 4) is 0 Å². The molecule has 0 radical (unpaired) electrons. The molecule has 2 aromatic rings. The van der Waals surface area contributed by atoms with Crippen molar-refractivity contribution in [2.75, 3.05) is 13.2 Å². The third kappa shape index (κ3) is 4.39. The van der Waals surface area contributed by atoms with Gasteiger partial charge in [0.05, 0.1) is 13.2 Å². The molecule has 0 saturated heterocycles. The first-order valence-electron chi connectivity index (χ1n) is 8.03. The Labute approximate surface area is 139 Å². The summed E-state index contributed by atoms with van der Waals surface area (Å²) in [5, 5.41) is 0. The molecule has 0 heterocycles. The second kappa shape index (κ2) is 8.03. The molecule has 124 valence electrons. The molecule has 0 unspecified atom stereocenters. The standard InChI is InChI=1S/C19H26O3P/c1-5-21-23(20,22-6-2)19(17-11-7-15(3)8-12-17)18-13-9-16(4)10-14-18/h7-14,19-20H,5-6H2,1-4H3/q+1. The van der Waals surface area contributed by atoms with Gasteiger partial charge in [-0.15, -0.1) is 0 Å². The maximum absolute atomic E-state index is 11.2. The number of hydrogen-bond acceptors (Lipinski definition) is 3. The SMILES string of the molecule is CCO[P+](O)(OCC)C(c1ccc(C)cc1)c1ccc(C)cc1. The van der Waals surface area contributed by atoms with Crippen molar-refractivity contribution in [3.63, 3.8) is 0 Å². The summed E-state index contributed by atoms with van der Waals surface area (Å²) in [6.07, 6.45) is 0. The van der Waals surface area contributed by atoms with Crippen LogP contribution in [0.25, 0.3) is 0 Å². The normalized spacial score (nSPS) is 11.9. The van der Waals surface area contributed by atoms with E-state index in [9.17, 15) is 4.89 Å². The van der Waals surface area contributed by atoms with E-state index < -0.39 is 7.94 Å². The van der Waals surface area contributed by atoms with Gasteiger partial charge >= 0.3 is 7.94 Å². The summed E-state index contributed by atoms with van der Waals surface area (Å²) in [6, 6.07) is 16.4. The molecular formula is C19H26O3P+. The average molecular weight is 333 g/mol. The maximum Gasteiger partial charge on any atom is 0.421 e. The predicted octanol–water partition coefficient (Wildman–Crippen LogP) is 5.22. The molecule has 2 rings (SSSR count). The van der Waals surface area contributed by atoms with E-state index in [1.165, 1.54) is 11.1 Å². The molecule has 0 aliphatic heterocycles. The second-order valence-corrected chi connectivity index (χ2v) is 7.78. The molecule has 0 amide bonds. The van der Waals surface area contributed by atoms with E-state index in [0.29, 0.717) is 13.2 Å². The van der Waals surface area contributed by atoms with E-state index in [2.05, 4.69) is 38.1 Å². The molecule has 4 heteroatoms.